The summed E-state index contributed by atoms with van der Waals surface area (Å²) in [5.74, 6) is -2.63. The summed E-state index contributed by atoms with van der Waals surface area (Å²) in [4.78, 5) is 27.0. The minimum atomic E-state index is -1.23. The number of hydrogen-bond acceptors (Lipinski definition) is 5. The van der Waals surface area contributed by atoms with Crippen molar-refractivity contribution >= 4 is 28.5 Å². The van der Waals surface area contributed by atoms with Gasteiger partial charge in [-0.3, -0.25) is 0 Å². The fraction of sp³-hybridized carbons (Fsp3) is 0.294. The van der Waals surface area contributed by atoms with Gasteiger partial charge in [0.2, 0.25) is 0 Å². The number of ether oxygens (including phenoxy) is 2. The second-order valence-electron chi connectivity index (χ2n) is 6.02. The van der Waals surface area contributed by atoms with E-state index in [0.717, 1.165) is 27.8 Å². The van der Waals surface area contributed by atoms with E-state index in [2.05, 4.69) is 10.3 Å². The molecule has 6 heteroatoms. The lowest BCUT2D eigenvalue weighted by Crippen LogP contribution is -2.42. The molecule has 0 bridgehead atoms. The summed E-state index contributed by atoms with van der Waals surface area (Å²) in [6.45, 7) is 7.07. The van der Waals surface area contributed by atoms with Gasteiger partial charge in [0, 0.05) is 42.3 Å². The lowest BCUT2D eigenvalue weighted by molar-refractivity contribution is -0.222. The highest BCUT2D eigenvalue weighted by Crippen LogP contribution is 2.26. The van der Waals surface area contributed by atoms with Crippen LogP contribution in [-0.2, 0) is 19.1 Å². The second-order valence-corrected chi connectivity index (χ2v) is 6.02. The van der Waals surface area contributed by atoms with Crippen LogP contribution in [0.15, 0.2) is 30.0 Å². The van der Waals surface area contributed by atoms with Crippen molar-refractivity contribution in [3.8, 4) is 0 Å². The zero-order chi connectivity index (χ0) is 16.8. The van der Waals surface area contributed by atoms with Gasteiger partial charge < -0.3 is 19.8 Å². The van der Waals surface area contributed by atoms with Crippen LogP contribution in [-0.4, -0.2) is 22.7 Å². The van der Waals surface area contributed by atoms with E-state index in [1.165, 1.54) is 20.0 Å². The fourth-order valence-electron chi connectivity index (χ4n) is 2.49. The summed E-state index contributed by atoms with van der Waals surface area (Å²) in [6.07, 6.45) is 1.32. The lowest BCUT2D eigenvalue weighted by Gasteiger charge is -2.29. The highest BCUT2D eigenvalue weighted by atomic mass is 16.7. The number of carbonyl (C=O) groups is 2. The van der Waals surface area contributed by atoms with Gasteiger partial charge >= 0.3 is 11.9 Å². The number of hydrogen-bond donors (Lipinski definition) is 2. The van der Waals surface area contributed by atoms with Crippen LogP contribution in [0.25, 0.3) is 10.9 Å². The molecule has 6 nitrogen and oxygen atoms in total. The van der Waals surface area contributed by atoms with Crippen molar-refractivity contribution in [3.63, 3.8) is 0 Å². The Morgan fingerprint density at radius 2 is 1.78 bits per heavy atom. The number of rotatable bonds is 2. The van der Waals surface area contributed by atoms with Crippen molar-refractivity contribution in [1.29, 1.82) is 0 Å². The first-order valence-corrected chi connectivity index (χ1v) is 7.29. The molecule has 2 heterocycles. The molecule has 0 radical (unpaired) electrons. The number of H-pyrrole nitrogens is 1. The van der Waals surface area contributed by atoms with E-state index < -0.39 is 17.7 Å². The van der Waals surface area contributed by atoms with E-state index in [1.54, 1.807) is 0 Å². The molecule has 3 rings (SSSR count). The Labute approximate surface area is 133 Å². The second kappa shape index (κ2) is 5.15. The fourth-order valence-corrected chi connectivity index (χ4v) is 2.49. The van der Waals surface area contributed by atoms with Gasteiger partial charge in [-0.25, -0.2) is 9.59 Å². The minimum Gasteiger partial charge on any atom is -0.419 e. The maximum absolute atomic E-state index is 11.9. The normalized spacial score (nSPS) is 17.0. The quantitative estimate of drug-likeness (QED) is 0.506. The Morgan fingerprint density at radius 1 is 1.13 bits per heavy atom. The number of benzene rings is 1. The number of fused-ring (bicyclic) bond motifs is 1. The zero-order valence-electron chi connectivity index (χ0n) is 13.4. The maximum Gasteiger partial charge on any atom is 0.350 e. The molecule has 0 aliphatic carbocycles. The van der Waals surface area contributed by atoms with E-state index in [4.69, 9.17) is 9.47 Å². The average Bonchev–Trinajstić information content (AvgIpc) is 2.72. The molecule has 1 aromatic heterocycles. The third-order valence-corrected chi connectivity index (χ3v) is 3.81. The van der Waals surface area contributed by atoms with E-state index in [-0.39, 0.29) is 5.57 Å². The third-order valence-electron chi connectivity index (χ3n) is 3.81. The van der Waals surface area contributed by atoms with E-state index >= 15 is 0 Å². The first-order chi connectivity index (χ1) is 10.8. The lowest BCUT2D eigenvalue weighted by atomic mass is 10.1. The molecule has 120 valence electrons. The molecule has 0 spiro atoms. The molecular formula is C17H18N2O4. The third kappa shape index (κ3) is 2.79. The van der Waals surface area contributed by atoms with Crippen LogP contribution in [0.4, 0.5) is 5.69 Å². The van der Waals surface area contributed by atoms with Gasteiger partial charge in [0.1, 0.15) is 0 Å². The van der Waals surface area contributed by atoms with Crippen LogP contribution in [0.2, 0.25) is 0 Å². The summed E-state index contributed by atoms with van der Waals surface area (Å²) in [5.41, 5.74) is 3.91. The van der Waals surface area contributed by atoms with Crippen molar-refractivity contribution in [3.05, 3.63) is 41.2 Å². The summed E-state index contributed by atoms with van der Waals surface area (Å²) >= 11 is 0. The molecule has 1 aliphatic heterocycles. The Hall–Kier alpha value is -2.76. The predicted octanol–water partition coefficient (Wildman–Crippen LogP) is 2.92. The summed E-state index contributed by atoms with van der Waals surface area (Å²) in [6, 6.07) is 5.75. The van der Waals surface area contributed by atoms with Crippen molar-refractivity contribution < 1.29 is 19.1 Å². The molecule has 23 heavy (non-hydrogen) atoms. The van der Waals surface area contributed by atoms with Crippen molar-refractivity contribution in [2.75, 3.05) is 5.32 Å². The van der Waals surface area contributed by atoms with Gasteiger partial charge in [0.15, 0.2) is 5.57 Å². The number of aromatic nitrogens is 1. The number of nitrogens with one attached hydrogen (secondary N) is 2. The van der Waals surface area contributed by atoms with Crippen molar-refractivity contribution in [2.24, 2.45) is 0 Å². The van der Waals surface area contributed by atoms with E-state index in [1.807, 2.05) is 32.0 Å². The summed E-state index contributed by atoms with van der Waals surface area (Å²) in [7, 11) is 0. The Bertz CT molecular complexity index is 824. The number of anilines is 1. The van der Waals surface area contributed by atoms with Gasteiger partial charge in [0.05, 0.1) is 0 Å². The molecule has 1 saturated heterocycles. The van der Waals surface area contributed by atoms with Gasteiger partial charge in [-0.2, -0.15) is 0 Å². The molecule has 2 aromatic rings. The standard InChI is InChI=1S/C17H18N2O4/c1-9-10(2)19-14-6-5-11(7-12(9)14)18-8-13-15(20)22-17(3,4)23-16(13)21/h5-8,18-19H,1-4H3. The monoisotopic (exact) mass is 314 g/mol. The summed E-state index contributed by atoms with van der Waals surface area (Å²) < 4.78 is 10.1. The highest BCUT2D eigenvalue weighted by molar-refractivity contribution is 6.15. The minimum absolute atomic E-state index is 0.161. The number of cyclic esters (lactones) is 2. The molecular weight excluding hydrogens is 296 g/mol. The van der Waals surface area contributed by atoms with Crippen LogP contribution in [0.3, 0.4) is 0 Å². The first kappa shape index (κ1) is 15.1. The molecule has 2 N–H and O–H groups in total. The van der Waals surface area contributed by atoms with Crippen LogP contribution >= 0.6 is 0 Å². The molecule has 1 aromatic carbocycles. The average molecular weight is 314 g/mol. The Balaban J connectivity index is 1.86. The Morgan fingerprint density at radius 3 is 2.43 bits per heavy atom. The van der Waals surface area contributed by atoms with Crippen LogP contribution < -0.4 is 5.32 Å². The number of aromatic amines is 1. The van der Waals surface area contributed by atoms with Gasteiger partial charge in [-0.1, -0.05) is 0 Å². The predicted molar refractivity (Wildman–Crippen MR) is 85.7 cm³/mol. The van der Waals surface area contributed by atoms with Crippen LogP contribution in [0, 0.1) is 13.8 Å². The molecule has 0 unspecified atom stereocenters. The molecule has 0 amide bonds. The molecule has 0 saturated carbocycles. The highest BCUT2D eigenvalue weighted by Gasteiger charge is 2.38. The zero-order valence-corrected chi connectivity index (χ0v) is 13.4. The molecule has 0 atom stereocenters. The number of esters is 2. The van der Waals surface area contributed by atoms with Crippen molar-refractivity contribution in [2.45, 2.75) is 33.5 Å². The smallest absolute Gasteiger partial charge is 0.350 e. The van der Waals surface area contributed by atoms with Gasteiger partial charge in [-0.05, 0) is 37.6 Å². The maximum atomic E-state index is 11.9. The van der Waals surface area contributed by atoms with Crippen LogP contribution in [0.1, 0.15) is 25.1 Å². The summed E-state index contributed by atoms with van der Waals surface area (Å²) in [5, 5.41) is 4.04. The van der Waals surface area contributed by atoms with Crippen LogP contribution in [0.5, 0.6) is 0 Å². The largest absolute Gasteiger partial charge is 0.419 e. The topological polar surface area (TPSA) is 80.4 Å². The number of aryl methyl sites for hydroxylation is 2. The molecule has 1 fully saturated rings. The van der Waals surface area contributed by atoms with E-state index in [9.17, 15) is 9.59 Å². The van der Waals surface area contributed by atoms with Crippen molar-refractivity contribution in [1.82, 2.24) is 4.98 Å². The van der Waals surface area contributed by atoms with Gasteiger partial charge in [0.25, 0.3) is 5.79 Å². The first-order valence-electron chi connectivity index (χ1n) is 7.29. The van der Waals surface area contributed by atoms with Gasteiger partial charge in [-0.15, -0.1) is 0 Å². The van der Waals surface area contributed by atoms with E-state index in [0.29, 0.717) is 0 Å². The molecule has 1 aliphatic rings. The SMILES string of the molecule is Cc1[nH]c2ccc(NC=C3C(=O)OC(C)(C)OC3=O)cc2c1C. The number of carbonyl (C=O) groups excluding carboxylic acids is 2. The Kier molecular flexibility index (Phi) is 3.39.